The van der Waals surface area contributed by atoms with Gasteiger partial charge in [-0.1, -0.05) is 77.3 Å². The minimum atomic E-state index is 0.677. The van der Waals surface area contributed by atoms with Gasteiger partial charge in [-0.2, -0.15) is 0 Å². The van der Waals surface area contributed by atoms with Crippen molar-refractivity contribution in [3.05, 3.63) is 48.0 Å². The molecule has 0 aliphatic heterocycles. The molecule has 0 bridgehead atoms. The quantitative estimate of drug-likeness (QED) is 0.276. The van der Waals surface area contributed by atoms with Crippen LogP contribution in [0.4, 0.5) is 0 Å². The van der Waals surface area contributed by atoms with Gasteiger partial charge in [-0.3, -0.25) is 0 Å². The first-order valence-electron chi connectivity index (χ1n) is 12.0. The van der Waals surface area contributed by atoms with Gasteiger partial charge in [0.25, 0.3) is 0 Å². The average molecular weight is 399 g/mol. The van der Waals surface area contributed by atoms with Crippen LogP contribution in [-0.4, -0.2) is 16.6 Å². The molecule has 29 heavy (non-hydrogen) atoms. The van der Waals surface area contributed by atoms with E-state index in [1.54, 1.807) is 0 Å². The van der Waals surface area contributed by atoms with Crippen LogP contribution in [0.3, 0.4) is 0 Å². The first kappa shape index (κ1) is 23.5. The highest BCUT2D eigenvalue weighted by Gasteiger charge is 2.11. The second-order valence-electron chi connectivity index (χ2n) is 8.31. The average Bonchev–Trinajstić information content (AvgIpc) is 3.26. The summed E-state index contributed by atoms with van der Waals surface area (Å²) in [6.07, 6.45) is 20.3. The van der Waals surface area contributed by atoms with Crippen LogP contribution in [0.15, 0.2) is 36.7 Å². The molecule has 1 N–H and O–H groups in total. The molecule has 2 rings (SSSR count). The Labute approximate surface area is 178 Å². The van der Waals surface area contributed by atoms with E-state index >= 15 is 0 Å². The van der Waals surface area contributed by atoms with Crippen LogP contribution >= 0.6 is 0 Å². The van der Waals surface area contributed by atoms with Crippen LogP contribution in [0.5, 0.6) is 5.75 Å². The number of benzene rings is 1. The molecule has 0 aliphatic rings. The summed E-state index contributed by atoms with van der Waals surface area (Å²) in [4.78, 5) is 7.50. The number of ether oxygens (including phenoxy) is 1. The van der Waals surface area contributed by atoms with Crippen LogP contribution in [0.1, 0.15) is 108 Å². The van der Waals surface area contributed by atoms with Gasteiger partial charge in [0.2, 0.25) is 0 Å². The minimum absolute atomic E-state index is 0.677. The number of rotatable bonds is 17. The number of aromatic amines is 1. The van der Waals surface area contributed by atoms with E-state index in [9.17, 15) is 0 Å². The Balaban J connectivity index is 1.65. The summed E-state index contributed by atoms with van der Waals surface area (Å²) in [5.41, 5.74) is 1.48. The highest BCUT2D eigenvalue weighted by molar-refractivity contribution is 5.29. The summed E-state index contributed by atoms with van der Waals surface area (Å²) in [5.74, 6) is 2.82. The van der Waals surface area contributed by atoms with Crippen LogP contribution in [0.2, 0.25) is 0 Å². The molecule has 0 saturated heterocycles. The van der Waals surface area contributed by atoms with Gasteiger partial charge in [-0.05, 0) is 49.3 Å². The molecule has 0 radical (unpaired) electrons. The van der Waals surface area contributed by atoms with Crippen molar-refractivity contribution in [3.63, 3.8) is 0 Å². The molecule has 1 aromatic heterocycles. The number of hydrogen-bond donors (Lipinski definition) is 1. The highest BCUT2D eigenvalue weighted by Crippen LogP contribution is 2.29. The van der Waals surface area contributed by atoms with Crippen molar-refractivity contribution in [1.29, 1.82) is 0 Å². The largest absolute Gasteiger partial charge is 0.494 e. The summed E-state index contributed by atoms with van der Waals surface area (Å²) in [6.45, 7) is 5.40. The lowest BCUT2D eigenvalue weighted by Gasteiger charge is -2.17. The molecule has 2 aromatic rings. The number of aryl methyl sites for hydroxylation is 1. The molecular formula is C26H42N2O. The fourth-order valence-electron chi connectivity index (χ4n) is 4.03. The van der Waals surface area contributed by atoms with E-state index in [-0.39, 0.29) is 0 Å². The predicted octanol–water partition coefficient (Wildman–Crippen LogP) is 7.84. The Kier molecular flexibility index (Phi) is 12.3. The maximum Gasteiger partial charge on any atom is 0.119 e. The molecule has 162 valence electrons. The van der Waals surface area contributed by atoms with E-state index in [0.29, 0.717) is 5.92 Å². The van der Waals surface area contributed by atoms with Gasteiger partial charge in [-0.15, -0.1) is 0 Å². The number of nitrogens with one attached hydrogen (secondary N) is 1. The predicted molar refractivity (Wildman–Crippen MR) is 124 cm³/mol. The van der Waals surface area contributed by atoms with E-state index in [2.05, 4.69) is 48.1 Å². The third kappa shape index (κ3) is 10.0. The number of hydrogen-bond acceptors (Lipinski definition) is 2. The Morgan fingerprint density at radius 3 is 2.31 bits per heavy atom. The van der Waals surface area contributed by atoms with Crippen molar-refractivity contribution in [2.45, 2.75) is 103 Å². The number of nitrogens with zero attached hydrogens (tertiary/aromatic N) is 1. The number of H-pyrrole nitrogens is 1. The Hall–Kier alpha value is -1.77. The monoisotopic (exact) mass is 398 g/mol. The zero-order valence-electron chi connectivity index (χ0n) is 18.8. The van der Waals surface area contributed by atoms with Gasteiger partial charge in [0.15, 0.2) is 0 Å². The highest BCUT2D eigenvalue weighted by atomic mass is 16.5. The van der Waals surface area contributed by atoms with Gasteiger partial charge in [0.1, 0.15) is 11.6 Å². The molecule has 1 unspecified atom stereocenters. The summed E-state index contributed by atoms with van der Waals surface area (Å²) in [7, 11) is 0. The Bertz CT molecular complexity index is 606. The topological polar surface area (TPSA) is 37.9 Å². The number of aromatic nitrogens is 2. The molecule has 3 nitrogen and oxygen atoms in total. The number of unbranched alkanes of at least 4 members (excludes halogenated alkanes) is 7. The van der Waals surface area contributed by atoms with Gasteiger partial charge in [0.05, 0.1) is 6.61 Å². The van der Waals surface area contributed by atoms with Crippen molar-refractivity contribution in [3.8, 4) is 5.75 Å². The molecule has 0 spiro atoms. The molecule has 3 heteroatoms. The normalized spacial score (nSPS) is 12.2. The van der Waals surface area contributed by atoms with Gasteiger partial charge in [-0.25, -0.2) is 4.98 Å². The zero-order chi connectivity index (χ0) is 20.6. The van der Waals surface area contributed by atoms with Gasteiger partial charge < -0.3 is 9.72 Å². The Morgan fingerprint density at radius 1 is 0.828 bits per heavy atom. The Morgan fingerprint density at radius 2 is 1.59 bits per heavy atom. The van der Waals surface area contributed by atoms with Crippen molar-refractivity contribution in [2.24, 2.45) is 0 Å². The van der Waals surface area contributed by atoms with Crippen molar-refractivity contribution in [1.82, 2.24) is 9.97 Å². The third-order valence-corrected chi connectivity index (χ3v) is 5.78. The molecule has 1 aromatic carbocycles. The maximum absolute atomic E-state index is 5.95. The van der Waals surface area contributed by atoms with Gasteiger partial charge >= 0.3 is 0 Å². The molecule has 1 heterocycles. The second kappa shape index (κ2) is 15.1. The molecular weight excluding hydrogens is 356 g/mol. The smallest absolute Gasteiger partial charge is 0.119 e. The zero-order valence-corrected chi connectivity index (χ0v) is 18.8. The number of imidazole rings is 1. The lowest BCUT2D eigenvalue weighted by atomic mass is 9.89. The van der Waals surface area contributed by atoms with E-state index < -0.39 is 0 Å². The van der Waals surface area contributed by atoms with Crippen molar-refractivity contribution in [2.75, 3.05) is 6.61 Å². The lowest BCUT2D eigenvalue weighted by Crippen LogP contribution is -2.01. The second-order valence-corrected chi connectivity index (χ2v) is 8.31. The fourth-order valence-corrected chi connectivity index (χ4v) is 4.03. The van der Waals surface area contributed by atoms with E-state index in [1.807, 2.05) is 12.4 Å². The summed E-state index contributed by atoms with van der Waals surface area (Å²) in [5, 5.41) is 0. The summed E-state index contributed by atoms with van der Waals surface area (Å²) >= 11 is 0. The fraction of sp³-hybridized carbons (Fsp3) is 0.654. The first-order chi connectivity index (χ1) is 14.3. The van der Waals surface area contributed by atoms with Crippen LogP contribution in [0, 0.1) is 0 Å². The van der Waals surface area contributed by atoms with Crippen molar-refractivity contribution >= 4 is 0 Å². The first-order valence-corrected chi connectivity index (χ1v) is 12.0. The van der Waals surface area contributed by atoms with Crippen LogP contribution in [0.25, 0.3) is 0 Å². The van der Waals surface area contributed by atoms with Crippen LogP contribution < -0.4 is 4.74 Å². The SMILES string of the molecule is CCCCCCCCOc1ccc(C(CCC)CCCCCc2ncc[nH]2)cc1. The third-order valence-electron chi connectivity index (χ3n) is 5.78. The summed E-state index contributed by atoms with van der Waals surface area (Å²) < 4.78 is 5.95. The molecule has 0 aliphatic carbocycles. The lowest BCUT2D eigenvalue weighted by molar-refractivity contribution is 0.304. The van der Waals surface area contributed by atoms with Crippen LogP contribution in [-0.2, 0) is 6.42 Å². The molecule has 1 atom stereocenters. The van der Waals surface area contributed by atoms with E-state index in [4.69, 9.17) is 4.74 Å². The van der Waals surface area contributed by atoms with Crippen molar-refractivity contribution < 1.29 is 4.74 Å². The molecule has 0 fully saturated rings. The van der Waals surface area contributed by atoms with E-state index in [0.717, 1.165) is 24.6 Å². The van der Waals surface area contributed by atoms with Gasteiger partial charge in [0, 0.05) is 18.8 Å². The molecule has 0 saturated carbocycles. The maximum atomic E-state index is 5.95. The van der Waals surface area contributed by atoms with E-state index in [1.165, 1.54) is 82.6 Å². The summed E-state index contributed by atoms with van der Waals surface area (Å²) in [6, 6.07) is 8.93. The standard InChI is InChI=1S/C26H42N2O/c1-3-5-6-7-8-12-22-29-25-18-16-24(17-19-25)23(13-4-2)14-10-9-11-15-26-27-20-21-28-26/h16-21,23H,3-15,22H2,1-2H3,(H,27,28). The minimum Gasteiger partial charge on any atom is -0.494 e. The molecule has 0 amide bonds.